The molecule has 0 saturated heterocycles. The Hall–Kier alpha value is -1.65. The fourth-order valence-corrected chi connectivity index (χ4v) is 1.51. The first kappa shape index (κ1) is 14.4. The molecule has 0 unspecified atom stereocenters. The summed E-state index contributed by atoms with van der Waals surface area (Å²) in [5.74, 6) is -0.967. The summed E-state index contributed by atoms with van der Waals surface area (Å²) < 4.78 is 5.39. The third kappa shape index (κ3) is 4.69. The van der Waals surface area contributed by atoms with Gasteiger partial charge in [-0.15, -0.1) is 0 Å². The van der Waals surface area contributed by atoms with Crippen LogP contribution in [0.15, 0.2) is 36.4 Å². The zero-order valence-corrected chi connectivity index (χ0v) is 10.6. The highest BCUT2D eigenvalue weighted by Gasteiger charge is 2.05. The Morgan fingerprint density at radius 1 is 1.39 bits per heavy atom. The second-order valence-electron chi connectivity index (χ2n) is 3.92. The van der Waals surface area contributed by atoms with Crippen molar-refractivity contribution < 1.29 is 14.6 Å². The number of benzene rings is 1. The molecule has 4 nitrogen and oxygen atoms in total. The highest BCUT2D eigenvalue weighted by Crippen LogP contribution is 2.10. The molecule has 0 aliphatic heterocycles. The van der Waals surface area contributed by atoms with E-state index in [0.29, 0.717) is 19.8 Å². The van der Waals surface area contributed by atoms with Crippen molar-refractivity contribution in [2.75, 3.05) is 13.2 Å². The fourth-order valence-electron chi connectivity index (χ4n) is 1.51. The van der Waals surface area contributed by atoms with Crippen LogP contribution in [-0.4, -0.2) is 24.2 Å². The van der Waals surface area contributed by atoms with Gasteiger partial charge in [0.25, 0.3) is 0 Å². The molecule has 0 aromatic heterocycles. The van der Waals surface area contributed by atoms with E-state index in [1.54, 1.807) is 0 Å². The van der Waals surface area contributed by atoms with Crippen LogP contribution in [0.2, 0.25) is 0 Å². The third-order valence-electron chi connectivity index (χ3n) is 2.54. The minimum atomic E-state index is -0.967. The molecule has 0 saturated carbocycles. The molecule has 0 radical (unpaired) electrons. The molecule has 0 bridgehead atoms. The van der Waals surface area contributed by atoms with Crippen LogP contribution in [0.5, 0.6) is 0 Å². The van der Waals surface area contributed by atoms with Crippen molar-refractivity contribution in [1.29, 1.82) is 0 Å². The molecule has 98 valence electrons. The van der Waals surface area contributed by atoms with Gasteiger partial charge in [-0.25, -0.2) is 4.79 Å². The molecule has 1 aromatic carbocycles. The minimum Gasteiger partial charge on any atom is -0.478 e. The van der Waals surface area contributed by atoms with Crippen LogP contribution in [-0.2, 0) is 22.7 Å². The van der Waals surface area contributed by atoms with Crippen LogP contribution in [0.1, 0.15) is 18.1 Å². The maximum absolute atomic E-state index is 10.6. The largest absolute Gasteiger partial charge is 0.478 e. The molecule has 0 atom stereocenters. The fraction of sp³-hybridized carbons (Fsp3) is 0.357. The van der Waals surface area contributed by atoms with E-state index < -0.39 is 5.97 Å². The Morgan fingerprint density at radius 2 is 2.06 bits per heavy atom. The summed E-state index contributed by atoms with van der Waals surface area (Å²) in [4.78, 5) is 10.6. The van der Waals surface area contributed by atoms with Gasteiger partial charge in [0.15, 0.2) is 0 Å². The molecule has 2 N–H and O–H groups in total. The number of hydrogen-bond donors (Lipinski definition) is 2. The molecule has 4 heteroatoms. The van der Waals surface area contributed by atoms with E-state index >= 15 is 0 Å². The van der Waals surface area contributed by atoms with Crippen LogP contribution >= 0.6 is 0 Å². The highest BCUT2D eigenvalue weighted by atomic mass is 16.5. The summed E-state index contributed by atoms with van der Waals surface area (Å²) in [5, 5.41) is 11.8. The van der Waals surface area contributed by atoms with Crippen LogP contribution in [0, 0.1) is 0 Å². The summed E-state index contributed by atoms with van der Waals surface area (Å²) in [6.07, 6.45) is 0. The van der Waals surface area contributed by atoms with E-state index in [0.717, 1.165) is 11.1 Å². The number of rotatable bonds is 8. The molecule has 1 aromatic rings. The summed E-state index contributed by atoms with van der Waals surface area (Å²) in [6.45, 7) is 7.57. The molecular formula is C14H19NO3. The van der Waals surface area contributed by atoms with Crippen LogP contribution in [0.25, 0.3) is 0 Å². The number of carbonyl (C=O) groups is 1. The van der Waals surface area contributed by atoms with Crippen molar-refractivity contribution in [1.82, 2.24) is 5.32 Å². The van der Waals surface area contributed by atoms with Crippen molar-refractivity contribution in [3.8, 4) is 0 Å². The molecule has 0 fully saturated rings. The molecule has 0 heterocycles. The lowest BCUT2D eigenvalue weighted by Crippen LogP contribution is -2.20. The van der Waals surface area contributed by atoms with Gasteiger partial charge in [0.1, 0.15) is 0 Å². The zero-order chi connectivity index (χ0) is 13.4. The van der Waals surface area contributed by atoms with Crippen molar-refractivity contribution in [2.45, 2.75) is 20.1 Å². The van der Waals surface area contributed by atoms with Gasteiger partial charge in [0.05, 0.1) is 6.61 Å². The van der Waals surface area contributed by atoms with Gasteiger partial charge in [0, 0.05) is 25.3 Å². The molecular weight excluding hydrogens is 230 g/mol. The molecule has 18 heavy (non-hydrogen) atoms. The number of aliphatic carboxylic acids is 1. The second kappa shape index (κ2) is 7.63. The summed E-state index contributed by atoms with van der Waals surface area (Å²) in [7, 11) is 0. The van der Waals surface area contributed by atoms with Gasteiger partial charge >= 0.3 is 5.97 Å². The highest BCUT2D eigenvalue weighted by molar-refractivity contribution is 5.86. The predicted octanol–water partition coefficient (Wildman–Crippen LogP) is 1.95. The van der Waals surface area contributed by atoms with Crippen molar-refractivity contribution in [2.24, 2.45) is 0 Å². The molecule has 0 aliphatic rings. The number of nitrogens with one attached hydrogen (secondary N) is 1. The first-order chi connectivity index (χ1) is 8.65. The van der Waals surface area contributed by atoms with Crippen molar-refractivity contribution in [3.63, 3.8) is 0 Å². The van der Waals surface area contributed by atoms with E-state index in [9.17, 15) is 4.79 Å². The van der Waals surface area contributed by atoms with Crippen molar-refractivity contribution >= 4 is 5.97 Å². The van der Waals surface area contributed by atoms with Crippen molar-refractivity contribution in [3.05, 3.63) is 47.5 Å². The van der Waals surface area contributed by atoms with E-state index in [2.05, 4.69) is 11.9 Å². The molecule has 1 rings (SSSR count). The first-order valence-electron chi connectivity index (χ1n) is 5.91. The van der Waals surface area contributed by atoms with Gasteiger partial charge in [0.2, 0.25) is 0 Å². The Labute approximate surface area is 107 Å². The second-order valence-corrected chi connectivity index (χ2v) is 3.92. The maximum atomic E-state index is 10.6. The Bertz CT molecular complexity index is 415. The van der Waals surface area contributed by atoms with E-state index in [1.165, 1.54) is 0 Å². The lowest BCUT2D eigenvalue weighted by atomic mass is 10.1. The maximum Gasteiger partial charge on any atom is 0.332 e. The van der Waals surface area contributed by atoms with Gasteiger partial charge in [-0.3, -0.25) is 0 Å². The molecule has 0 amide bonds. The summed E-state index contributed by atoms with van der Waals surface area (Å²) in [5.41, 5.74) is 2.40. The van der Waals surface area contributed by atoms with Crippen LogP contribution < -0.4 is 5.32 Å². The quantitative estimate of drug-likeness (QED) is 0.691. The topological polar surface area (TPSA) is 58.6 Å². The molecule has 0 spiro atoms. The van der Waals surface area contributed by atoms with Gasteiger partial charge < -0.3 is 15.2 Å². The molecule has 0 aliphatic carbocycles. The SMILES string of the molecule is C=C(CNCc1ccccc1COCC)C(=O)O. The lowest BCUT2D eigenvalue weighted by Gasteiger charge is -2.10. The standard InChI is InChI=1S/C14H19NO3/c1-3-18-10-13-7-5-4-6-12(13)9-15-8-11(2)14(16)17/h4-7,15H,2-3,8-10H2,1H3,(H,16,17). The number of carboxylic acid groups (broad SMARTS) is 1. The minimum absolute atomic E-state index is 0.164. The first-order valence-corrected chi connectivity index (χ1v) is 5.91. The smallest absolute Gasteiger partial charge is 0.332 e. The van der Waals surface area contributed by atoms with Gasteiger partial charge in [-0.1, -0.05) is 30.8 Å². The lowest BCUT2D eigenvalue weighted by molar-refractivity contribution is -0.132. The van der Waals surface area contributed by atoms with E-state index in [4.69, 9.17) is 9.84 Å². The normalized spacial score (nSPS) is 10.3. The average molecular weight is 249 g/mol. The van der Waals surface area contributed by atoms with Crippen LogP contribution in [0.4, 0.5) is 0 Å². The van der Waals surface area contributed by atoms with E-state index in [1.807, 2.05) is 31.2 Å². The zero-order valence-electron chi connectivity index (χ0n) is 10.6. The van der Waals surface area contributed by atoms with Crippen LogP contribution in [0.3, 0.4) is 0 Å². The Kier molecular flexibility index (Phi) is 6.11. The Balaban J connectivity index is 2.50. The van der Waals surface area contributed by atoms with Gasteiger partial charge in [-0.05, 0) is 18.1 Å². The number of hydrogen-bond acceptors (Lipinski definition) is 3. The van der Waals surface area contributed by atoms with Gasteiger partial charge in [-0.2, -0.15) is 0 Å². The summed E-state index contributed by atoms with van der Waals surface area (Å²) in [6, 6.07) is 7.94. The summed E-state index contributed by atoms with van der Waals surface area (Å²) >= 11 is 0. The average Bonchev–Trinajstić information content (AvgIpc) is 2.37. The predicted molar refractivity (Wildman–Crippen MR) is 70.3 cm³/mol. The third-order valence-corrected chi connectivity index (χ3v) is 2.54. The van der Waals surface area contributed by atoms with E-state index in [-0.39, 0.29) is 12.1 Å². The monoisotopic (exact) mass is 249 g/mol. The number of carboxylic acids is 1. The Morgan fingerprint density at radius 3 is 2.67 bits per heavy atom. The number of ether oxygens (including phenoxy) is 1.